The van der Waals surface area contributed by atoms with E-state index in [4.69, 9.17) is 10.5 Å². The molecule has 1 rings (SSSR count). The Morgan fingerprint density at radius 2 is 2.26 bits per heavy atom. The van der Waals surface area contributed by atoms with Gasteiger partial charge in [0.1, 0.15) is 0 Å². The summed E-state index contributed by atoms with van der Waals surface area (Å²) in [6, 6.07) is -0.456. The molecule has 3 N–H and O–H groups in total. The van der Waals surface area contributed by atoms with Gasteiger partial charge in [-0.05, 0) is 19.8 Å². The monoisotopic (exact) mass is 269 g/mol. The third kappa shape index (κ3) is 5.74. The number of ether oxygens (including phenoxy) is 1. The molecular formula is C13H23N3O3. The summed E-state index contributed by atoms with van der Waals surface area (Å²) in [5.74, 6) is -0.202. The molecule has 108 valence electrons. The number of carbonyl (C=O) groups excluding carboxylic acids is 2. The van der Waals surface area contributed by atoms with E-state index in [0.29, 0.717) is 32.8 Å². The molecule has 1 unspecified atom stereocenters. The first-order valence-corrected chi connectivity index (χ1v) is 6.55. The number of nitrogens with zero attached hydrogens (tertiary/aromatic N) is 1. The summed E-state index contributed by atoms with van der Waals surface area (Å²) in [7, 11) is 0. The fourth-order valence-electron chi connectivity index (χ4n) is 2.03. The van der Waals surface area contributed by atoms with E-state index < -0.39 is 6.03 Å². The summed E-state index contributed by atoms with van der Waals surface area (Å²) in [5.41, 5.74) is 6.18. The molecule has 0 aliphatic carbocycles. The number of hydrogen-bond donors (Lipinski definition) is 2. The Hall–Kier alpha value is -1.56. The van der Waals surface area contributed by atoms with Crippen molar-refractivity contribution < 1.29 is 14.3 Å². The Kier molecular flexibility index (Phi) is 6.35. The predicted octanol–water partition coefficient (Wildman–Crippen LogP) is 0.486. The fourth-order valence-corrected chi connectivity index (χ4v) is 2.03. The average Bonchev–Trinajstić information content (AvgIpc) is 2.37. The highest BCUT2D eigenvalue weighted by Gasteiger charge is 2.26. The van der Waals surface area contributed by atoms with E-state index in [1.54, 1.807) is 0 Å². The molecule has 0 aromatic heterocycles. The number of urea groups is 1. The number of rotatable bonds is 6. The second-order valence-corrected chi connectivity index (χ2v) is 4.92. The van der Waals surface area contributed by atoms with Crippen molar-refractivity contribution in [2.75, 3.05) is 32.8 Å². The molecule has 6 heteroatoms. The summed E-state index contributed by atoms with van der Waals surface area (Å²) >= 11 is 0. The maximum atomic E-state index is 11.9. The van der Waals surface area contributed by atoms with Crippen LogP contribution in [0.15, 0.2) is 12.2 Å². The maximum Gasteiger partial charge on any atom is 0.314 e. The summed E-state index contributed by atoms with van der Waals surface area (Å²) in [6.07, 6.45) is 1.61. The number of nitrogens with one attached hydrogen (secondary N) is 1. The van der Waals surface area contributed by atoms with Crippen LogP contribution in [0.4, 0.5) is 4.79 Å². The van der Waals surface area contributed by atoms with E-state index in [1.807, 2.05) is 6.92 Å². The van der Waals surface area contributed by atoms with Crippen molar-refractivity contribution in [1.29, 1.82) is 0 Å². The van der Waals surface area contributed by atoms with Gasteiger partial charge in [-0.25, -0.2) is 4.79 Å². The molecule has 0 aromatic carbocycles. The molecule has 1 atom stereocenters. The lowest BCUT2D eigenvalue weighted by molar-refractivity contribution is -0.126. The van der Waals surface area contributed by atoms with Crippen LogP contribution >= 0.6 is 0 Å². The number of likely N-dealkylation sites (tertiary alicyclic amines) is 1. The van der Waals surface area contributed by atoms with Gasteiger partial charge in [-0.2, -0.15) is 0 Å². The molecule has 0 bridgehead atoms. The van der Waals surface area contributed by atoms with Crippen molar-refractivity contribution in [1.82, 2.24) is 10.2 Å². The molecule has 3 amide bonds. The normalized spacial score (nSPS) is 19.0. The first-order chi connectivity index (χ1) is 9.00. The number of piperidine rings is 1. The molecule has 1 saturated heterocycles. The molecule has 0 aromatic rings. The third-order valence-electron chi connectivity index (χ3n) is 3.00. The molecule has 0 radical (unpaired) electrons. The Morgan fingerprint density at radius 3 is 2.89 bits per heavy atom. The molecule has 0 saturated carbocycles. The summed E-state index contributed by atoms with van der Waals surface area (Å²) in [5, 5.41) is 2.81. The van der Waals surface area contributed by atoms with Crippen molar-refractivity contribution in [2.24, 2.45) is 11.7 Å². The van der Waals surface area contributed by atoms with Gasteiger partial charge >= 0.3 is 6.03 Å². The molecule has 1 fully saturated rings. The molecule has 1 aliphatic heterocycles. The lowest BCUT2D eigenvalue weighted by Gasteiger charge is -2.30. The Bertz CT molecular complexity index is 344. The van der Waals surface area contributed by atoms with Crippen LogP contribution in [0.1, 0.15) is 19.8 Å². The van der Waals surface area contributed by atoms with Crippen LogP contribution in [0.5, 0.6) is 0 Å². The van der Waals surface area contributed by atoms with Gasteiger partial charge in [-0.3, -0.25) is 4.79 Å². The van der Waals surface area contributed by atoms with Crippen LogP contribution in [-0.2, 0) is 9.53 Å². The summed E-state index contributed by atoms with van der Waals surface area (Å²) < 4.78 is 5.29. The fraction of sp³-hybridized carbons (Fsp3) is 0.692. The zero-order valence-electron chi connectivity index (χ0n) is 11.5. The molecular weight excluding hydrogens is 246 g/mol. The van der Waals surface area contributed by atoms with Crippen LogP contribution < -0.4 is 11.1 Å². The lowest BCUT2D eigenvalue weighted by Crippen LogP contribution is -2.47. The van der Waals surface area contributed by atoms with Gasteiger partial charge in [0.2, 0.25) is 5.91 Å². The second kappa shape index (κ2) is 7.78. The van der Waals surface area contributed by atoms with Crippen LogP contribution in [0.2, 0.25) is 0 Å². The lowest BCUT2D eigenvalue weighted by atomic mass is 9.97. The van der Waals surface area contributed by atoms with Crippen LogP contribution in [-0.4, -0.2) is 49.7 Å². The number of nitrogens with two attached hydrogens (primary N) is 1. The molecule has 1 aliphatic rings. The van der Waals surface area contributed by atoms with Gasteiger partial charge in [-0.15, -0.1) is 0 Å². The van der Waals surface area contributed by atoms with Crippen LogP contribution in [0.3, 0.4) is 0 Å². The highest BCUT2D eigenvalue weighted by atomic mass is 16.5. The Balaban J connectivity index is 2.21. The SMILES string of the molecule is C=C(C)COCCNC(=O)C1CCCN(C(N)=O)C1. The van der Waals surface area contributed by atoms with Crippen LogP contribution in [0.25, 0.3) is 0 Å². The van der Waals surface area contributed by atoms with E-state index in [2.05, 4.69) is 11.9 Å². The Morgan fingerprint density at radius 1 is 1.53 bits per heavy atom. The molecule has 6 nitrogen and oxygen atoms in total. The highest BCUT2D eigenvalue weighted by Crippen LogP contribution is 2.16. The number of carbonyl (C=O) groups is 2. The standard InChI is InChI=1S/C13H23N3O3/c1-10(2)9-19-7-5-15-12(17)11-4-3-6-16(8-11)13(14)18/h11H,1,3-9H2,2H3,(H2,14,18)(H,15,17). The third-order valence-corrected chi connectivity index (χ3v) is 3.00. The molecule has 1 heterocycles. The van der Waals surface area contributed by atoms with E-state index >= 15 is 0 Å². The zero-order valence-corrected chi connectivity index (χ0v) is 11.5. The quantitative estimate of drug-likeness (QED) is 0.543. The summed E-state index contributed by atoms with van der Waals surface area (Å²) in [6.45, 7) is 8.11. The van der Waals surface area contributed by atoms with Crippen molar-refractivity contribution in [3.8, 4) is 0 Å². The molecule has 0 spiro atoms. The van der Waals surface area contributed by atoms with E-state index in [-0.39, 0.29) is 11.8 Å². The zero-order chi connectivity index (χ0) is 14.3. The minimum atomic E-state index is -0.456. The second-order valence-electron chi connectivity index (χ2n) is 4.92. The van der Waals surface area contributed by atoms with Gasteiger partial charge in [0.05, 0.1) is 19.1 Å². The first kappa shape index (κ1) is 15.5. The number of primary amides is 1. The smallest absolute Gasteiger partial charge is 0.314 e. The number of hydrogen-bond acceptors (Lipinski definition) is 3. The largest absolute Gasteiger partial charge is 0.375 e. The number of amides is 3. The van der Waals surface area contributed by atoms with Gasteiger partial charge in [0.15, 0.2) is 0 Å². The average molecular weight is 269 g/mol. The topological polar surface area (TPSA) is 84.7 Å². The van der Waals surface area contributed by atoms with Gasteiger partial charge in [0.25, 0.3) is 0 Å². The minimum Gasteiger partial charge on any atom is -0.375 e. The van der Waals surface area contributed by atoms with E-state index in [1.165, 1.54) is 4.90 Å². The van der Waals surface area contributed by atoms with E-state index in [0.717, 1.165) is 18.4 Å². The van der Waals surface area contributed by atoms with Crippen molar-refractivity contribution in [3.63, 3.8) is 0 Å². The maximum absolute atomic E-state index is 11.9. The van der Waals surface area contributed by atoms with Crippen molar-refractivity contribution in [2.45, 2.75) is 19.8 Å². The summed E-state index contributed by atoms with van der Waals surface area (Å²) in [4.78, 5) is 24.5. The predicted molar refractivity (Wildman–Crippen MR) is 72.5 cm³/mol. The Labute approximate surface area is 114 Å². The van der Waals surface area contributed by atoms with Gasteiger partial charge in [-0.1, -0.05) is 12.2 Å². The van der Waals surface area contributed by atoms with E-state index in [9.17, 15) is 9.59 Å². The van der Waals surface area contributed by atoms with Crippen molar-refractivity contribution in [3.05, 3.63) is 12.2 Å². The first-order valence-electron chi connectivity index (χ1n) is 6.55. The van der Waals surface area contributed by atoms with Crippen LogP contribution in [0, 0.1) is 5.92 Å². The minimum absolute atomic E-state index is 0.0372. The van der Waals surface area contributed by atoms with Crippen molar-refractivity contribution >= 4 is 11.9 Å². The highest BCUT2D eigenvalue weighted by molar-refractivity contribution is 5.80. The van der Waals surface area contributed by atoms with Gasteiger partial charge < -0.3 is 20.7 Å². The molecule has 19 heavy (non-hydrogen) atoms. The van der Waals surface area contributed by atoms with Gasteiger partial charge in [0, 0.05) is 19.6 Å².